The fourth-order valence-corrected chi connectivity index (χ4v) is 2.08. The Morgan fingerprint density at radius 2 is 2.17 bits per heavy atom. The van der Waals surface area contributed by atoms with Gasteiger partial charge in [-0.3, -0.25) is 4.79 Å². The normalized spacial score (nSPS) is 18.3. The molecule has 0 bridgehead atoms. The summed E-state index contributed by atoms with van der Waals surface area (Å²) < 4.78 is 18.2. The molecular formula is C13H17FN2O2. The first-order valence-electron chi connectivity index (χ1n) is 6.06. The predicted molar refractivity (Wildman–Crippen MR) is 66.5 cm³/mol. The lowest BCUT2D eigenvalue weighted by atomic mass is 9.92. The van der Waals surface area contributed by atoms with Gasteiger partial charge in [0.05, 0.1) is 6.04 Å². The van der Waals surface area contributed by atoms with Crippen LogP contribution in [0.2, 0.25) is 0 Å². The Bertz CT molecular complexity index is 419. The second-order valence-corrected chi connectivity index (χ2v) is 4.48. The smallest absolute Gasteiger partial charge is 0.241 e. The Kier molecular flexibility index (Phi) is 4.28. The van der Waals surface area contributed by atoms with Crippen molar-refractivity contribution < 1.29 is 13.9 Å². The molecule has 1 aliphatic heterocycles. The van der Waals surface area contributed by atoms with Crippen LogP contribution in [0, 0.1) is 11.7 Å². The van der Waals surface area contributed by atoms with Crippen LogP contribution in [0.15, 0.2) is 24.3 Å². The molecule has 2 rings (SSSR count). The predicted octanol–water partition coefficient (Wildman–Crippen LogP) is 1.52. The summed E-state index contributed by atoms with van der Waals surface area (Å²) in [5.41, 5.74) is 6.35. The van der Waals surface area contributed by atoms with E-state index in [1.54, 1.807) is 12.1 Å². The number of hydrogen-bond acceptors (Lipinski definition) is 3. The Morgan fingerprint density at radius 3 is 2.83 bits per heavy atom. The van der Waals surface area contributed by atoms with E-state index in [0.717, 1.165) is 12.8 Å². The molecule has 0 saturated carbocycles. The highest BCUT2D eigenvalue weighted by molar-refractivity contribution is 5.94. The molecule has 1 aliphatic rings. The van der Waals surface area contributed by atoms with Crippen molar-refractivity contribution in [3.63, 3.8) is 0 Å². The van der Waals surface area contributed by atoms with Crippen LogP contribution in [-0.4, -0.2) is 25.2 Å². The Hall–Kier alpha value is -1.46. The standard InChI is InChI=1S/C13H17FN2O2/c14-10-2-1-3-11(8-10)16-13(17)12(15)9-4-6-18-7-5-9/h1-3,8-9,12H,4-7,15H2,(H,16,17). The molecule has 3 N–H and O–H groups in total. The van der Waals surface area contributed by atoms with E-state index in [1.165, 1.54) is 12.1 Å². The molecule has 98 valence electrons. The van der Waals surface area contributed by atoms with E-state index in [9.17, 15) is 9.18 Å². The van der Waals surface area contributed by atoms with Crippen molar-refractivity contribution in [2.45, 2.75) is 18.9 Å². The topological polar surface area (TPSA) is 64.4 Å². The zero-order valence-electron chi connectivity index (χ0n) is 10.1. The zero-order valence-corrected chi connectivity index (χ0v) is 10.1. The maximum Gasteiger partial charge on any atom is 0.241 e. The summed E-state index contributed by atoms with van der Waals surface area (Å²) in [5, 5.41) is 2.64. The maximum absolute atomic E-state index is 13.0. The van der Waals surface area contributed by atoms with E-state index in [0.29, 0.717) is 18.9 Å². The summed E-state index contributed by atoms with van der Waals surface area (Å²) in [6.45, 7) is 1.29. The van der Waals surface area contributed by atoms with Crippen LogP contribution in [-0.2, 0) is 9.53 Å². The van der Waals surface area contributed by atoms with E-state index in [4.69, 9.17) is 10.5 Å². The largest absolute Gasteiger partial charge is 0.381 e. The third-order valence-corrected chi connectivity index (χ3v) is 3.17. The number of anilines is 1. The highest BCUT2D eigenvalue weighted by Crippen LogP contribution is 2.19. The van der Waals surface area contributed by atoms with Gasteiger partial charge < -0.3 is 15.8 Å². The average Bonchev–Trinajstić information content (AvgIpc) is 2.39. The third-order valence-electron chi connectivity index (χ3n) is 3.17. The number of hydrogen-bond donors (Lipinski definition) is 2. The van der Waals surface area contributed by atoms with Crippen LogP contribution in [0.25, 0.3) is 0 Å². The number of carbonyl (C=O) groups is 1. The van der Waals surface area contributed by atoms with Crippen LogP contribution in [0.1, 0.15) is 12.8 Å². The Labute approximate surface area is 105 Å². The quantitative estimate of drug-likeness (QED) is 0.857. The molecule has 4 nitrogen and oxygen atoms in total. The van der Waals surface area contributed by atoms with Gasteiger partial charge in [0.1, 0.15) is 5.82 Å². The van der Waals surface area contributed by atoms with Crippen molar-refractivity contribution in [2.24, 2.45) is 11.7 Å². The lowest BCUT2D eigenvalue weighted by Gasteiger charge is -2.26. The van der Waals surface area contributed by atoms with Crippen LogP contribution in [0.5, 0.6) is 0 Å². The monoisotopic (exact) mass is 252 g/mol. The fourth-order valence-electron chi connectivity index (χ4n) is 2.08. The highest BCUT2D eigenvalue weighted by atomic mass is 19.1. The molecular weight excluding hydrogens is 235 g/mol. The van der Waals surface area contributed by atoms with Gasteiger partial charge in [0.15, 0.2) is 0 Å². The highest BCUT2D eigenvalue weighted by Gasteiger charge is 2.26. The van der Waals surface area contributed by atoms with Gasteiger partial charge in [-0.2, -0.15) is 0 Å². The van der Waals surface area contributed by atoms with E-state index >= 15 is 0 Å². The molecule has 1 amide bonds. The molecule has 1 heterocycles. The summed E-state index contributed by atoms with van der Waals surface area (Å²) in [7, 11) is 0. The molecule has 5 heteroatoms. The summed E-state index contributed by atoms with van der Waals surface area (Å²) in [6.07, 6.45) is 1.58. The summed E-state index contributed by atoms with van der Waals surface area (Å²) in [4.78, 5) is 11.9. The number of ether oxygens (including phenoxy) is 1. The lowest BCUT2D eigenvalue weighted by molar-refractivity contribution is -0.119. The number of halogens is 1. The van der Waals surface area contributed by atoms with Crippen LogP contribution < -0.4 is 11.1 Å². The first-order chi connectivity index (χ1) is 8.66. The third kappa shape index (κ3) is 3.27. The summed E-state index contributed by atoms with van der Waals surface area (Å²) in [5.74, 6) is -0.521. The molecule has 1 atom stereocenters. The van der Waals surface area contributed by atoms with Gasteiger partial charge in [-0.05, 0) is 37.0 Å². The van der Waals surface area contributed by atoms with Gasteiger partial charge >= 0.3 is 0 Å². The number of nitrogens with two attached hydrogens (primary N) is 1. The average molecular weight is 252 g/mol. The lowest BCUT2D eigenvalue weighted by Crippen LogP contribution is -2.44. The van der Waals surface area contributed by atoms with E-state index in [1.807, 2.05) is 0 Å². The van der Waals surface area contributed by atoms with Crippen molar-refractivity contribution in [3.05, 3.63) is 30.1 Å². The molecule has 0 aromatic heterocycles. The van der Waals surface area contributed by atoms with Gasteiger partial charge in [-0.1, -0.05) is 6.07 Å². The number of carbonyl (C=O) groups excluding carboxylic acids is 1. The maximum atomic E-state index is 13.0. The molecule has 1 fully saturated rings. The zero-order chi connectivity index (χ0) is 13.0. The molecule has 18 heavy (non-hydrogen) atoms. The van der Waals surface area contributed by atoms with Crippen molar-refractivity contribution in [2.75, 3.05) is 18.5 Å². The van der Waals surface area contributed by atoms with Gasteiger partial charge in [0.25, 0.3) is 0 Å². The van der Waals surface area contributed by atoms with Gasteiger partial charge in [0, 0.05) is 18.9 Å². The molecule has 1 aromatic carbocycles. The number of benzene rings is 1. The van der Waals surface area contributed by atoms with Crippen molar-refractivity contribution in [3.8, 4) is 0 Å². The van der Waals surface area contributed by atoms with Crippen molar-refractivity contribution >= 4 is 11.6 Å². The first kappa shape index (κ1) is 13.0. The van der Waals surface area contributed by atoms with Gasteiger partial charge in [0.2, 0.25) is 5.91 Å². The van der Waals surface area contributed by atoms with Crippen LogP contribution >= 0.6 is 0 Å². The Morgan fingerprint density at radius 1 is 1.44 bits per heavy atom. The van der Waals surface area contributed by atoms with Crippen molar-refractivity contribution in [1.82, 2.24) is 0 Å². The minimum Gasteiger partial charge on any atom is -0.381 e. The van der Waals surface area contributed by atoms with E-state index in [-0.39, 0.29) is 17.6 Å². The molecule has 0 spiro atoms. The first-order valence-corrected chi connectivity index (χ1v) is 6.06. The number of rotatable bonds is 3. The molecule has 0 aliphatic carbocycles. The molecule has 1 unspecified atom stereocenters. The minimum atomic E-state index is -0.572. The van der Waals surface area contributed by atoms with Gasteiger partial charge in [-0.15, -0.1) is 0 Å². The fraction of sp³-hybridized carbons (Fsp3) is 0.462. The minimum absolute atomic E-state index is 0.132. The van der Waals surface area contributed by atoms with E-state index < -0.39 is 6.04 Å². The van der Waals surface area contributed by atoms with Crippen molar-refractivity contribution in [1.29, 1.82) is 0 Å². The molecule has 0 radical (unpaired) electrons. The Balaban J connectivity index is 1.94. The molecule has 1 saturated heterocycles. The second kappa shape index (κ2) is 5.93. The van der Waals surface area contributed by atoms with Gasteiger partial charge in [-0.25, -0.2) is 4.39 Å². The SMILES string of the molecule is NC(C(=O)Nc1cccc(F)c1)C1CCOCC1. The number of nitrogens with one attached hydrogen (secondary N) is 1. The molecule has 1 aromatic rings. The summed E-state index contributed by atoms with van der Waals surface area (Å²) in [6, 6.07) is 5.21. The second-order valence-electron chi connectivity index (χ2n) is 4.48. The number of amides is 1. The summed E-state index contributed by atoms with van der Waals surface area (Å²) >= 11 is 0. The van der Waals surface area contributed by atoms with Crippen LogP contribution in [0.4, 0.5) is 10.1 Å². The van der Waals surface area contributed by atoms with E-state index in [2.05, 4.69) is 5.32 Å². The van der Waals surface area contributed by atoms with Crippen LogP contribution in [0.3, 0.4) is 0 Å².